The van der Waals surface area contributed by atoms with E-state index in [0.717, 1.165) is 5.39 Å². The van der Waals surface area contributed by atoms with Gasteiger partial charge >= 0.3 is 0 Å². The number of nitrogens with one attached hydrogen (secondary N) is 2. The lowest BCUT2D eigenvalue weighted by molar-refractivity contribution is 0.102. The van der Waals surface area contributed by atoms with Gasteiger partial charge in [0.1, 0.15) is 5.82 Å². The molecule has 4 rings (SSSR count). The standard InChI is InChI=1S/C20H14FN5O/c21-14-7-1-2-8-15(14)23-18-11-10-17(25-26-18)20(27)24-16-9-3-5-13-6-4-12-22-19(13)16/h1-12H,(H,23,26)(H,24,27). The van der Waals surface area contributed by atoms with Crippen LogP contribution in [0.1, 0.15) is 10.5 Å². The fraction of sp³-hybridized carbons (Fsp3) is 0. The Morgan fingerprint density at radius 1 is 0.852 bits per heavy atom. The van der Waals surface area contributed by atoms with E-state index in [4.69, 9.17) is 0 Å². The second-order valence-electron chi connectivity index (χ2n) is 5.74. The van der Waals surface area contributed by atoms with Crippen LogP contribution in [-0.4, -0.2) is 21.1 Å². The third-order valence-electron chi connectivity index (χ3n) is 3.91. The van der Waals surface area contributed by atoms with Gasteiger partial charge in [0, 0.05) is 11.6 Å². The van der Waals surface area contributed by atoms with Gasteiger partial charge in [0.2, 0.25) is 0 Å². The molecule has 132 valence electrons. The molecule has 2 heterocycles. The third kappa shape index (κ3) is 3.57. The van der Waals surface area contributed by atoms with E-state index in [0.29, 0.717) is 17.0 Å². The van der Waals surface area contributed by atoms with Crippen molar-refractivity contribution in [1.29, 1.82) is 0 Å². The zero-order valence-corrected chi connectivity index (χ0v) is 14.1. The number of carbonyl (C=O) groups excluding carboxylic acids is 1. The first-order chi connectivity index (χ1) is 13.2. The first-order valence-electron chi connectivity index (χ1n) is 8.21. The number of aromatic nitrogens is 3. The zero-order valence-electron chi connectivity index (χ0n) is 14.1. The normalized spacial score (nSPS) is 10.6. The van der Waals surface area contributed by atoms with E-state index in [1.54, 1.807) is 36.5 Å². The van der Waals surface area contributed by atoms with Gasteiger partial charge in [-0.25, -0.2) is 4.39 Å². The number of anilines is 3. The summed E-state index contributed by atoms with van der Waals surface area (Å²) < 4.78 is 13.7. The van der Waals surface area contributed by atoms with E-state index in [-0.39, 0.29) is 11.4 Å². The Labute approximate surface area is 154 Å². The van der Waals surface area contributed by atoms with Crippen LogP contribution in [0.25, 0.3) is 10.9 Å². The molecule has 0 fully saturated rings. The number of amides is 1. The molecular formula is C20H14FN5O. The van der Waals surface area contributed by atoms with Crippen molar-refractivity contribution in [1.82, 2.24) is 15.2 Å². The predicted molar refractivity (Wildman–Crippen MR) is 101 cm³/mol. The van der Waals surface area contributed by atoms with Crippen molar-refractivity contribution in [3.63, 3.8) is 0 Å². The van der Waals surface area contributed by atoms with Crippen LogP contribution in [0.4, 0.5) is 21.6 Å². The van der Waals surface area contributed by atoms with Gasteiger partial charge < -0.3 is 10.6 Å². The lowest BCUT2D eigenvalue weighted by Gasteiger charge is -2.08. The molecule has 0 saturated carbocycles. The number of nitrogens with zero attached hydrogens (tertiary/aromatic N) is 3. The van der Waals surface area contributed by atoms with Crippen molar-refractivity contribution in [2.24, 2.45) is 0 Å². The highest BCUT2D eigenvalue weighted by Crippen LogP contribution is 2.21. The number of hydrogen-bond acceptors (Lipinski definition) is 5. The summed E-state index contributed by atoms with van der Waals surface area (Å²) in [6.07, 6.45) is 1.67. The van der Waals surface area contributed by atoms with Crippen molar-refractivity contribution in [3.8, 4) is 0 Å². The Hall–Kier alpha value is -3.87. The number of rotatable bonds is 4. The van der Waals surface area contributed by atoms with Crippen molar-refractivity contribution < 1.29 is 9.18 Å². The Bertz CT molecular complexity index is 1110. The highest BCUT2D eigenvalue weighted by molar-refractivity contribution is 6.07. The first-order valence-corrected chi connectivity index (χ1v) is 8.21. The molecule has 7 heteroatoms. The first kappa shape index (κ1) is 16.6. The van der Waals surface area contributed by atoms with Crippen molar-refractivity contribution >= 4 is 34.0 Å². The van der Waals surface area contributed by atoms with Crippen LogP contribution < -0.4 is 10.6 Å². The Balaban J connectivity index is 1.52. The molecule has 4 aromatic rings. The van der Waals surface area contributed by atoms with Crippen LogP contribution in [0.2, 0.25) is 0 Å². The summed E-state index contributed by atoms with van der Waals surface area (Å²) >= 11 is 0. The smallest absolute Gasteiger partial charge is 0.276 e. The highest BCUT2D eigenvalue weighted by atomic mass is 19.1. The van der Waals surface area contributed by atoms with Gasteiger partial charge in [-0.15, -0.1) is 10.2 Å². The number of fused-ring (bicyclic) bond motifs is 1. The van der Waals surface area contributed by atoms with Crippen LogP contribution in [-0.2, 0) is 0 Å². The molecule has 0 saturated heterocycles. The molecule has 2 aromatic carbocycles. The van der Waals surface area contributed by atoms with Gasteiger partial charge in [0.15, 0.2) is 11.5 Å². The molecule has 0 radical (unpaired) electrons. The molecule has 2 N–H and O–H groups in total. The van der Waals surface area contributed by atoms with E-state index in [1.807, 2.05) is 24.3 Å². The minimum atomic E-state index is -0.405. The lowest BCUT2D eigenvalue weighted by Crippen LogP contribution is -2.15. The number of carbonyl (C=O) groups is 1. The van der Waals surface area contributed by atoms with E-state index in [2.05, 4.69) is 25.8 Å². The quantitative estimate of drug-likeness (QED) is 0.572. The van der Waals surface area contributed by atoms with Crippen molar-refractivity contribution in [2.75, 3.05) is 10.6 Å². The SMILES string of the molecule is O=C(Nc1cccc2cccnc12)c1ccc(Nc2ccccc2F)nn1. The second kappa shape index (κ2) is 7.17. The fourth-order valence-corrected chi connectivity index (χ4v) is 2.61. The molecule has 0 unspecified atom stereocenters. The van der Waals surface area contributed by atoms with Crippen LogP contribution in [0.15, 0.2) is 72.9 Å². The highest BCUT2D eigenvalue weighted by Gasteiger charge is 2.11. The average Bonchev–Trinajstić information content (AvgIpc) is 2.70. The van der Waals surface area contributed by atoms with Gasteiger partial charge in [-0.3, -0.25) is 9.78 Å². The third-order valence-corrected chi connectivity index (χ3v) is 3.91. The minimum absolute atomic E-state index is 0.141. The lowest BCUT2D eigenvalue weighted by atomic mass is 10.2. The maximum atomic E-state index is 13.7. The van der Waals surface area contributed by atoms with Gasteiger partial charge in [0.25, 0.3) is 5.91 Å². The Morgan fingerprint density at radius 2 is 1.67 bits per heavy atom. The van der Waals surface area contributed by atoms with Crippen LogP contribution in [0, 0.1) is 5.82 Å². The van der Waals surface area contributed by atoms with Gasteiger partial charge in [-0.05, 0) is 36.4 Å². The van der Waals surface area contributed by atoms with E-state index in [9.17, 15) is 9.18 Å². The minimum Gasteiger partial charge on any atom is -0.336 e. The monoisotopic (exact) mass is 359 g/mol. The molecular weight excluding hydrogens is 345 g/mol. The van der Waals surface area contributed by atoms with E-state index in [1.165, 1.54) is 12.1 Å². The maximum Gasteiger partial charge on any atom is 0.276 e. The molecule has 0 aliphatic heterocycles. The predicted octanol–water partition coefficient (Wildman–Crippen LogP) is 4.16. The number of benzene rings is 2. The van der Waals surface area contributed by atoms with Crippen LogP contribution >= 0.6 is 0 Å². The molecule has 0 spiro atoms. The largest absolute Gasteiger partial charge is 0.336 e. The fourth-order valence-electron chi connectivity index (χ4n) is 2.61. The molecule has 1 amide bonds. The van der Waals surface area contributed by atoms with E-state index < -0.39 is 11.7 Å². The molecule has 0 aliphatic carbocycles. The molecule has 0 aliphatic rings. The van der Waals surface area contributed by atoms with Crippen molar-refractivity contribution in [2.45, 2.75) is 0 Å². The topological polar surface area (TPSA) is 79.8 Å². The molecule has 0 atom stereocenters. The molecule has 2 aromatic heterocycles. The summed E-state index contributed by atoms with van der Waals surface area (Å²) in [5, 5.41) is 14.4. The van der Waals surface area contributed by atoms with E-state index >= 15 is 0 Å². The zero-order chi connectivity index (χ0) is 18.6. The number of para-hydroxylation sites is 2. The van der Waals surface area contributed by atoms with Crippen molar-refractivity contribution in [3.05, 3.63) is 84.4 Å². The number of hydrogen-bond donors (Lipinski definition) is 2. The van der Waals surface area contributed by atoms with Gasteiger partial charge in [0.05, 0.1) is 16.9 Å². The summed E-state index contributed by atoms with van der Waals surface area (Å²) in [6, 6.07) is 18.6. The number of pyridine rings is 1. The Kier molecular flexibility index (Phi) is 4.40. The van der Waals surface area contributed by atoms with Crippen LogP contribution in [0.5, 0.6) is 0 Å². The number of halogens is 1. The maximum absolute atomic E-state index is 13.7. The molecule has 0 bridgehead atoms. The Morgan fingerprint density at radius 3 is 2.48 bits per heavy atom. The van der Waals surface area contributed by atoms with Crippen LogP contribution in [0.3, 0.4) is 0 Å². The average molecular weight is 359 g/mol. The summed E-state index contributed by atoms with van der Waals surface area (Å²) in [4.78, 5) is 16.8. The van der Waals surface area contributed by atoms with Gasteiger partial charge in [-0.2, -0.15) is 0 Å². The molecule has 27 heavy (non-hydrogen) atoms. The molecule has 6 nitrogen and oxygen atoms in total. The second-order valence-corrected chi connectivity index (χ2v) is 5.74. The summed E-state index contributed by atoms with van der Waals surface area (Å²) in [6.45, 7) is 0. The summed E-state index contributed by atoms with van der Waals surface area (Å²) in [7, 11) is 0. The van der Waals surface area contributed by atoms with Gasteiger partial charge in [-0.1, -0.05) is 30.3 Å². The summed E-state index contributed by atoms with van der Waals surface area (Å²) in [5.74, 6) is -0.467. The summed E-state index contributed by atoms with van der Waals surface area (Å²) in [5.41, 5.74) is 1.71.